The topological polar surface area (TPSA) is 127 Å². The lowest BCUT2D eigenvalue weighted by atomic mass is 10.1. The fourth-order valence-electron chi connectivity index (χ4n) is 3.82. The van der Waals surface area contributed by atoms with E-state index in [0.717, 1.165) is 21.8 Å². The Morgan fingerprint density at radius 1 is 1.08 bits per heavy atom. The van der Waals surface area contributed by atoms with Gasteiger partial charge in [0, 0.05) is 19.2 Å². The number of rotatable bonds is 6. The van der Waals surface area contributed by atoms with Crippen LogP contribution < -0.4 is 20.7 Å². The maximum Gasteiger partial charge on any atom is 0.270 e. The molecule has 0 bridgehead atoms. The Labute approximate surface area is 204 Å². The Morgan fingerprint density at radius 3 is 2.67 bits per heavy atom. The lowest BCUT2D eigenvalue weighted by Gasteiger charge is -2.18. The van der Waals surface area contributed by atoms with Crippen molar-refractivity contribution in [3.05, 3.63) is 88.6 Å². The fraction of sp³-hybridized carbons (Fsp3) is 0.160. The SMILES string of the molecule is Cc1cccc(CNC(=O)c2cc(C(=O)NCc3ccc4c(c3)NC(=O)CO4)nc3c(F)cnn23)c1. The smallest absolute Gasteiger partial charge is 0.270 e. The van der Waals surface area contributed by atoms with Gasteiger partial charge < -0.3 is 20.7 Å². The van der Waals surface area contributed by atoms with Crippen molar-refractivity contribution in [2.75, 3.05) is 11.9 Å². The molecule has 0 radical (unpaired) electrons. The lowest BCUT2D eigenvalue weighted by Crippen LogP contribution is -2.29. The molecule has 3 N–H and O–H groups in total. The van der Waals surface area contributed by atoms with Crippen molar-refractivity contribution >= 4 is 29.1 Å². The van der Waals surface area contributed by atoms with Crippen LogP contribution in [0.3, 0.4) is 0 Å². The number of halogens is 1. The molecule has 5 rings (SSSR count). The molecule has 0 unspecified atom stereocenters. The maximum absolute atomic E-state index is 14.3. The Balaban J connectivity index is 1.34. The van der Waals surface area contributed by atoms with E-state index in [0.29, 0.717) is 17.0 Å². The van der Waals surface area contributed by atoms with E-state index < -0.39 is 17.6 Å². The summed E-state index contributed by atoms with van der Waals surface area (Å²) in [6.07, 6.45) is 0.935. The van der Waals surface area contributed by atoms with Gasteiger partial charge in [-0.1, -0.05) is 35.9 Å². The third-order valence-electron chi connectivity index (χ3n) is 5.56. The molecule has 36 heavy (non-hydrogen) atoms. The molecule has 182 valence electrons. The van der Waals surface area contributed by atoms with Crippen molar-refractivity contribution in [3.63, 3.8) is 0 Å². The summed E-state index contributed by atoms with van der Waals surface area (Å²) in [7, 11) is 0. The number of aryl methyl sites for hydroxylation is 1. The van der Waals surface area contributed by atoms with Gasteiger partial charge in [-0.25, -0.2) is 13.9 Å². The second-order valence-electron chi connectivity index (χ2n) is 8.28. The van der Waals surface area contributed by atoms with Crippen LogP contribution in [-0.4, -0.2) is 38.9 Å². The maximum atomic E-state index is 14.3. The number of benzene rings is 2. The molecule has 2 aromatic heterocycles. The highest BCUT2D eigenvalue weighted by atomic mass is 19.1. The number of anilines is 1. The molecule has 0 saturated carbocycles. The van der Waals surface area contributed by atoms with Gasteiger partial charge in [0.15, 0.2) is 18.1 Å². The van der Waals surface area contributed by atoms with E-state index in [2.05, 4.69) is 26.0 Å². The largest absolute Gasteiger partial charge is 0.482 e. The van der Waals surface area contributed by atoms with Crippen LogP contribution in [-0.2, 0) is 17.9 Å². The van der Waals surface area contributed by atoms with Crippen molar-refractivity contribution in [2.45, 2.75) is 20.0 Å². The summed E-state index contributed by atoms with van der Waals surface area (Å²) in [4.78, 5) is 41.4. The van der Waals surface area contributed by atoms with Gasteiger partial charge in [-0.05, 0) is 30.2 Å². The zero-order valence-electron chi connectivity index (χ0n) is 19.2. The Kier molecular flexibility index (Phi) is 6.03. The summed E-state index contributed by atoms with van der Waals surface area (Å²) in [5.41, 5.74) is 2.73. The average molecular weight is 488 g/mol. The Hall–Kier alpha value is -4.80. The van der Waals surface area contributed by atoms with Crippen molar-refractivity contribution in [1.29, 1.82) is 0 Å². The number of hydrogen-bond acceptors (Lipinski definition) is 6. The van der Waals surface area contributed by atoms with Crippen molar-refractivity contribution in [2.24, 2.45) is 0 Å². The summed E-state index contributed by atoms with van der Waals surface area (Å²) in [6.45, 7) is 2.24. The highest BCUT2D eigenvalue weighted by molar-refractivity contribution is 5.98. The van der Waals surface area contributed by atoms with Gasteiger partial charge in [0.1, 0.15) is 17.1 Å². The molecule has 1 aliphatic rings. The highest BCUT2D eigenvalue weighted by Crippen LogP contribution is 2.28. The van der Waals surface area contributed by atoms with Crippen molar-refractivity contribution in [1.82, 2.24) is 25.2 Å². The first kappa shape index (κ1) is 23.0. The quantitative estimate of drug-likeness (QED) is 0.383. The number of amides is 3. The first-order chi connectivity index (χ1) is 17.4. The standard InChI is InChI=1S/C25H21FN6O4/c1-14-3-2-4-15(7-14)10-28-25(35)20-9-19(31-23-17(26)12-29-32(20)23)24(34)27-11-16-5-6-21-18(8-16)30-22(33)13-36-21/h2-9,12H,10-11,13H2,1H3,(H,27,34)(H,28,35)(H,30,33). The monoisotopic (exact) mass is 488 g/mol. The highest BCUT2D eigenvalue weighted by Gasteiger charge is 2.21. The fourth-order valence-corrected chi connectivity index (χ4v) is 3.82. The van der Waals surface area contributed by atoms with E-state index in [1.807, 2.05) is 31.2 Å². The van der Waals surface area contributed by atoms with Gasteiger partial charge in [0.25, 0.3) is 17.7 Å². The van der Waals surface area contributed by atoms with Crippen LogP contribution in [0.25, 0.3) is 5.65 Å². The average Bonchev–Trinajstić information content (AvgIpc) is 3.25. The number of ether oxygens (including phenoxy) is 1. The van der Waals surface area contributed by atoms with Gasteiger partial charge in [-0.2, -0.15) is 5.10 Å². The van der Waals surface area contributed by atoms with Crippen molar-refractivity contribution in [3.8, 4) is 5.75 Å². The van der Waals surface area contributed by atoms with Gasteiger partial charge in [-0.3, -0.25) is 14.4 Å². The zero-order chi connectivity index (χ0) is 25.2. The van der Waals surface area contributed by atoms with Crippen molar-refractivity contribution < 1.29 is 23.5 Å². The number of aromatic nitrogens is 3. The first-order valence-electron chi connectivity index (χ1n) is 11.1. The third kappa shape index (κ3) is 4.71. The molecule has 10 nitrogen and oxygen atoms in total. The van der Waals surface area contributed by atoms with Crippen LogP contribution >= 0.6 is 0 Å². The molecule has 11 heteroatoms. The van der Waals surface area contributed by atoms with Crippen LogP contribution in [0, 0.1) is 12.7 Å². The van der Waals surface area contributed by atoms with E-state index in [-0.39, 0.29) is 42.6 Å². The molecule has 0 aliphatic carbocycles. The summed E-state index contributed by atoms with van der Waals surface area (Å²) < 4.78 is 20.7. The number of nitrogens with one attached hydrogen (secondary N) is 3. The molecule has 0 saturated heterocycles. The summed E-state index contributed by atoms with van der Waals surface area (Å²) in [6, 6.07) is 14.0. The Bertz CT molecular complexity index is 1520. The van der Waals surface area contributed by atoms with E-state index in [1.165, 1.54) is 6.07 Å². The summed E-state index contributed by atoms with van der Waals surface area (Å²) in [5, 5.41) is 12.1. The molecule has 1 aliphatic heterocycles. The number of carbonyl (C=O) groups is 3. The van der Waals surface area contributed by atoms with E-state index in [9.17, 15) is 18.8 Å². The minimum absolute atomic E-state index is 0.0321. The van der Waals surface area contributed by atoms with Crippen LogP contribution in [0.5, 0.6) is 5.75 Å². The molecule has 3 heterocycles. The first-order valence-corrected chi connectivity index (χ1v) is 11.1. The molecule has 4 aromatic rings. The summed E-state index contributed by atoms with van der Waals surface area (Å²) >= 11 is 0. The predicted octanol–water partition coefficient (Wildman–Crippen LogP) is 2.37. The number of nitrogens with zero attached hydrogens (tertiary/aromatic N) is 3. The van der Waals surface area contributed by atoms with E-state index in [4.69, 9.17) is 4.74 Å². The Morgan fingerprint density at radius 2 is 1.86 bits per heavy atom. The molecular weight excluding hydrogens is 467 g/mol. The molecule has 0 spiro atoms. The minimum atomic E-state index is -0.761. The van der Waals surface area contributed by atoms with Crippen LogP contribution in [0.1, 0.15) is 37.7 Å². The number of carbonyl (C=O) groups excluding carboxylic acids is 3. The van der Waals surface area contributed by atoms with Crippen LogP contribution in [0.2, 0.25) is 0 Å². The van der Waals surface area contributed by atoms with Gasteiger partial charge >= 0.3 is 0 Å². The zero-order valence-corrected chi connectivity index (χ0v) is 19.2. The van der Waals surface area contributed by atoms with Gasteiger partial charge in [-0.15, -0.1) is 0 Å². The van der Waals surface area contributed by atoms with E-state index in [1.54, 1.807) is 18.2 Å². The number of fused-ring (bicyclic) bond motifs is 2. The normalized spacial score (nSPS) is 12.4. The summed E-state index contributed by atoms with van der Waals surface area (Å²) in [5.74, 6) is -1.63. The number of hydrogen-bond donors (Lipinski definition) is 3. The molecule has 0 fully saturated rings. The second-order valence-corrected chi connectivity index (χ2v) is 8.28. The van der Waals surface area contributed by atoms with Crippen LogP contribution in [0.15, 0.2) is 54.7 Å². The molecule has 3 amide bonds. The van der Waals surface area contributed by atoms with Crippen LogP contribution in [0.4, 0.5) is 10.1 Å². The predicted molar refractivity (Wildman–Crippen MR) is 127 cm³/mol. The van der Waals surface area contributed by atoms with Gasteiger partial charge in [0.2, 0.25) is 0 Å². The van der Waals surface area contributed by atoms with Gasteiger partial charge in [0.05, 0.1) is 11.9 Å². The third-order valence-corrected chi connectivity index (χ3v) is 5.56. The second kappa shape index (κ2) is 9.45. The van der Waals surface area contributed by atoms with E-state index >= 15 is 0 Å². The lowest BCUT2D eigenvalue weighted by molar-refractivity contribution is -0.118. The minimum Gasteiger partial charge on any atom is -0.482 e. The molecule has 2 aromatic carbocycles. The molecular formula is C25H21FN6O4. The molecule has 0 atom stereocenters.